The van der Waals surface area contributed by atoms with Gasteiger partial charge in [-0.25, -0.2) is 0 Å². The largest absolute Gasteiger partial charge is 0.0841 e. The first-order chi connectivity index (χ1) is 12.2. The predicted octanol–water partition coefficient (Wildman–Crippen LogP) is 7.54. The third kappa shape index (κ3) is 3.04. The van der Waals surface area contributed by atoms with Crippen molar-refractivity contribution in [3.05, 3.63) is 103 Å². The van der Waals surface area contributed by atoms with Crippen molar-refractivity contribution in [3.8, 4) is 22.3 Å². The van der Waals surface area contributed by atoms with Crippen LogP contribution in [-0.4, -0.2) is 0 Å². The summed E-state index contributed by atoms with van der Waals surface area (Å²) in [4.78, 5) is 0. The summed E-state index contributed by atoms with van der Waals surface area (Å²) < 4.78 is 0.900. The van der Waals surface area contributed by atoms with Crippen LogP contribution in [0, 0.1) is 0 Å². The fourth-order valence-corrected chi connectivity index (χ4v) is 3.64. The van der Waals surface area contributed by atoms with Crippen molar-refractivity contribution in [2.75, 3.05) is 0 Å². The Morgan fingerprint density at radius 2 is 1.32 bits per heavy atom. The normalized spacial score (nSPS) is 10.8. The smallest absolute Gasteiger partial charge is 0.0182 e. The van der Waals surface area contributed by atoms with Gasteiger partial charge >= 0.3 is 0 Å². The first kappa shape index (κ1) is 15.9. The highest BCUT2D eigenvalue weighted by Gasteiger charge is 2.11. The minimum Gasteiger partial charge on any atom is -0.0841 e. The Balaban J connectivity index is 2.03. The molecule has 4 aromatic rings. The minimum absolute atomic E-state index is 0.900. The zero-order chi connectivity index (χ0) is 17.2. The molecule has 0 atom stereocenters. The number of fused-ring (bicyclic) bond motifs is 1. The van der Waals surface area contributed by atoms with Crippen molar-refractivity contribution in [1.82, 2.24) is 0 Å². The number of hydrogen-bond donors (Lipinski definition) is 0. The maximum Gasteiger partial charge on any atom is 0.0182 e. The van der Waals surface area contributed by atoms with Gasteiger partial charge in [0.1, 0.15) is 0 Å². The molecule has 0 radical (unpaired) electrons. The standard InChI is InChI=1S/C24H17Br/c1-17(25)21-12-7-8-14-23(21)20-15-19-11-5-6-13-22(19)24(16-20)18-9-3-2-4-10-18/h2-16H,1H2. The monoisotopic (exact) mass is 384 g/mol. The van der Waals surface area contributed by atoms with Crippen LogP contribution in [0.2, 0.25) is 0 Å². The van der Waals surface area contributed by atoms with Crippen LogP contribution in [0.3, 0.4) is 0 Å². The molecule has 0 spiro atoms. The second kappa shape index (κ2) is 6.70. The molecule has 0 N–H and O–H groups in total. The maximum atomic E-state index is 4.07. The van der Waals surface area contributed by atoms with Gasteiger partial charge in [0.2, 0.25) is 0 Å². The third-order valence-corrected chi connectivity index (χ3v) is 4.90. The van der Waals surface area contributed by atoms with Gasteiger partial charge in [-0.1, -0.05) is 101 Å². The van der Waals surface area contributed by atoms with Crippen molar-refractivity contribution in [2.45, 2.75) is 0 Å². The lowest BCUT2D eigenvalue weighted by atomic mass is 9.91. The molecule has 0 aromatic heterocycles. The van der Waals surface area contributed by atoms with E-state index in [1.54, 1.807) is 0 Å². The molecule has 4 rings (SSSR count). The average molecular weight is 385 g/mol. The highest BCUT2D eigenvalue weighted by atomic mass is 79.9. The predicted molar refractivity (Wildman–Crippen MR) is 113 cm³/mol. The van der Waals surface area contributed by atoms with E-state index in [0.717, 1.165) is 10.0 Å². The first-order valence-electron chi connectivity index (χ1n) is 8.26. The van der Waals surface area contributed by atoms with Crippen LogP contribution in [0.15, 0.2) is 97.6 Å². The van der Waals surface area contributed by atoms with Gasteiger partial charge in [0.25, 0.3) is 0 Å². The third-order valence-electron chi connectivity index (χ3n) is 4.48. The summed E-state index contributed by atoms with van der Waals surface area (Å²) in [5.41, 5.74) is 6.00. The molecule has 0 bridgehead atoms. The van der Waals surface area contributed by atoms with Gasteiger partial charge in [-0.2, -0.15) is 0 Å². The quantitative estimate of drug-likeness (QED) is 0.342. The molecule has 0 heterocycles. The molecular weight excluding hydrogens is 368 g/mol. The average Bonchev–Trinajstić information content (AvgIpc) is 2.67. The molecule has 25 heavy (non-hydrogen) atoms. The van der Waals surface area contributed by atoms with Gasteiger partial charge in [0, 0.05) is 4.48 Å². The minimum atomic E-state index is 0.900. The van der Waals surface area contributed by atoms with E-state index in [1.807, 2.05) is 6.07 Å². The molecule has 0 unspecified atom stereocenters. The van der Waals surface area contributed by atoms with Gasteiger partial charge in [-0.05, 0) is 50.7 Å². The van der Waals surface area contributed by atoms with Crippen molar-refractivity contribution >= 4 is 31.2 Å². The molecule has 0 fully saturated rings. The number of benzene rings is 4. The van der Waals surface area contributed by atoms with Crippen molar-refractivity contribution in [3.63, 3.8) is 0 Å². The lowest BCUT2D eigenvalue weighted by Crippen LogP contribution is -1.88. The molecule has 0 saturated heterocycles. The summed E-state index contributed by atoms with van der Waals surface area (Å²) in [6, 6.07) is 32.0. The van der Waals surface area contributed by atoms with Gasteiger partial charge in [-0.15, -0.1) is 0 Å². The SMILES string of the molecule is C=C(Br)c1ccccc1-c1cc(-c2ccccc2)c2ccccc2c1. The van der Waals surface area contributed by atoms with E-state index >= 15 is 0 Å². The van der Waals surface area contributed by atoms with Crippen LogP contribution in [0.5, 0.6) is 0 Å². The number of halogens is 1. The molecule has 1 heteroatoms. The maximum absolute atomic E-state index is 4.07. The number of rotatable bonds is 3. The van der Waals surface area contributed by atoms with Crippen LogP contribution in [0.25, 0.3) is 37.5 Å². The van der Waals surface area contributed by atoms with Gasteiger partial charge < -0.3 is 0 Å². The van der Waals surface area contributed by atoms with Crippen LogP contribution >= 0.6 is 15.9 Å². The summed E-state index contributed by atoms with van der Waals surface area (Å²) in [5.74, 6) is 0. The molecule has 0 saturated carbocycles. The summed E-state index contributed by atoms with van der Waals surface area (Å²) in [6.45, 7) is 4.07. The van der Waals surface area contributed by atoms with E-state index in [1.165, 1.54) is 33.0 Å². The lowest BCUT2D eigenvalue weighted by molar-refractivity contribution is 1.59. The molecule has 120 valence electrons. The fourth-order valence-electron chi connectivity index (χ4n) is 3.29. The summed E-state index contributed by atoms with van der Waals surface area (Å²) in [7, 11) is 0. The van der Waals surface area contributed by atoms with E-state index in [4.69, 9.17) is 0 Å². The second-order valence-corrected chi connectivity index (χ2v) is 7.02. The Hall–Kier alpha value is -2.64. The van der Waals surface area contributed by atoms with Gasteiger partial charge in [0.05, 0.1) is 0 Å². The topological polar surface area (TPSA) is 0 Å². The highest BCUT2D eigenvalue weighted by molar-refractivity contribution is 9.15. The molecule has 4 aromatic carbocycles. The molecule has 0 nitrogen and oxygen atoms in total. The van der Waals surface area contributed by atoms with Crippen LogP contribution < -0.4 is 0 Å². The summed E-state index contributed by atoms with van der Waals surface area (Å²) >= 11 is 3.55. The molecule has 0 aliphatic rings. The van der Waals surface area contributed by atoms with E-state index in [9.17, 15) is 0 Å². The summed E-state index contributed by atoms with van der Waals surface area (Å²) in [6.07, 6.45) is 0. The molecule has 0 aliphatic heterocycles. The number of hydrogen-bond acceptors (Lipinski definition) is 0. The van der Waals surface area contributed by atoms with Crippen LogP contribution in [0.4, 0.5) is 0 Å². The first-order valence-corrected chi connectivity index (χ1v) is 9.06. The van der Waals surface area contributed by atoms with E-state index in [-0.39, 0.29) is 0 Å². The van der Waals surface area contributed by atoms with E-state index < -0.39 is 0 Å². The second-order valence-electron chi connectivity index (χ2n) is 6.06. The Morgan fingerprint density at radius 1 is 0.640 bits per heavy atom. The lowest BCUT2D eigenvalue weighted by Gasteiger charge is -2.14. The van der Waals surface area contributed by atoms with E-state index in [2.05, 4.69) is 107 Å². The molecular formula is C24H17Br. The van der Waals surface area contributed by atoms with Crippen LogP contribution in [0.1, 0.15) is 5.56 Å². The summed E-state index contributed by atoms with van der Waals surface area (Å²) in [5, 5.41) is 2.52. The van der Waals surface area contributed by atoms with Crippen LogP contribution in [-0.2, 0) is 0 Å². The Morgan fingerprint density at radius 3 is 2.12 bits per heavy atom. The van der Waals surface area contributed by atoms with Crippen molar-refractivity contribution in [1.29, 1.82) is 0 Å². The van der Waals surface area contributed by atoms with Crippen molar-refractivity contribution in [2.24, 2.45) is 0 Å². The van der Waals surface area contributed by atoms with Gasteiger partial charge in [0.15, 0.2) is 0 Å². The van der Waals surface area contributed by atoms with Gasteiger partial charge in [-0.3, -0.25) is 0 Å². The molecule has 0 amide bonds. The van der Waals surface area contributed by atoms with Crippen molar-refractivity contribution < 1.29 is 0 Å². The Bertz CT molecular complexity index is 1060. The highest BCUT2D eigenvalue weighted by Crippen LogP contribution is 2.37. The zero-order valence-corrected chi connectivity index (χ0v) is 15.3. The zero-order valence-electron chi connectivity index (χ0n) is 13.7. The Kier molecular flexibility index (Phi) is 4.25. The molecule has 0 aliphatic carbocycles. The van der Waals surface area contributed by atoms with E-state index in [0.29, 0.717) is 0 Å². The fraction of sp³-hybridized carbons (Fsp3) is 0. The Labute approximate surface area is 156 Å².